The molecule has 0 bridgehead atoms. The largest absolute Gasteiger partial charge is 0.480 e. The quantitative estimate of drug-likeness (QED) is 0.638. The molecule has 0 heterocycles. The molecular weight excluding hydrogens is 232 g/mol. The van der Waals surface area contributed by atoms with Gasteiger partial charge in [-0.25, -0.2) is 4.79 Å². The SMILES string of the molecule is CC(C)C[C@@H](NC(=O)CNC1CCCC1)C(=O)O. The third-order valence-corrected chi connectivity index (χ3v) is 3.25. The van der Waals surface area contributed by atoms with Gasteiger partial charge in [0.1, 0.15) is 6.04 Å². The first kappa shape index (κ1) is 15.0. The summed E-state index contributed by atoms with van der Waals surface area (Å²) < 4.78 is 0. The van der Waals surface area contributed by atoms with E-state index in [9.17, 15) is 9.59 Å². The average Bonchev–Trinajstić information content (AvgIpc) is 2.77. The Balaban J connectivity index is 2.29. The highest BCUT2D eigenvalue weighted by Gasteiger charge is 2.21. The molecule has 1 saturated carbocycles. The highest BCUT2D eigenvalue weighted by atomic mass is 16.4. The van der Waals surface area contributed by atoms with Crippen LogP contribution >= 0.6 is 0 Å². The number of carbonyl (C=O) groups excluding carboxylic acids is 1. The summed E-state index contributed by atoms with van der Waals surface area (Å²) >= 11 is 0. The predicted molar refractivity (Wildman–Crippen MR) is 69.3 cm³/mol. The third-order valence-electron chi connectivity index (χ3n) is 3.25. The summed E-state index contributed by atoms with van der Waals surface area (Å²) in [6.45, 7) is 4.10. The Hall–Kier alpha value is -1.10. The maximum atomic E-state index is 11.7. The van der Waals surface area contributed by atoms with Gasteiger partial charge in [0.05, 0.1) is 6.54 Å². The van der Waals surface area contributed by atoms with Gasteiger partial charge in [0.15, 0.2) is 0 Å². The van der Waals surface area contributed by atoms with Crippen LogP contribution in [0.5, 0.6) is 0 Å². The molecule has 0 radical (unpaired) electrons. The van der Waals surface area contributed by atoms with E-state index in [4.69, 9.17) is 5.11 Å². The van der Waals surface area contributed by atoms with Crippen molar-refractivity contribution in [1.82, 2.24) is 10.6 Å². The van der Waals surface area contributed by atoms with Gasteiger partial charge in [-0.2, -0.15) is 0 Å². The van der Waals surface area contributed by atoms with Crippen molar-refractivity contribution >= 4 is 11.9 Å². The van der Waals surface area contributed by atoms with Crippen molar-refractivity contribution in [2.24, 2.45) is 5.92 Å². The lowest BCUT2D eigenvalue weighted by atomic mass is 10.0. The van der Waals surface area contributed by atoms with Gasteiger partial charge >= 0.3 is 5.97 Å². The van der Waals surface area contributed by atoms with Crippen molar-refractivity contribution < 1.29 is 14.7 Å². The van der Waals surface area contributed by atoms with Gasteiger partial charge in [0, 0.05) is 6.04 Å². The zero-order valence-corrected chi connectivity index (χ0v) is 11.2. The van der Waals surface area contributed by atoms with Crippen LogP contribution in [-0.2, 0) is 9.59 Å². The van der Waals surface area contributed by atoms with Crippen LogP contribution in [-0.4, -0.2) is 35.6 Å². The van der Waals surface area contributed by atoms with Crippen molar-refractivity contribution in [3.05, 3.63) is 0 Å². The van der Waals surface area contributed by atoms with Crippen LogP contribution in [0.25, 0.3) is 0 Å². The fourth-order valence-electron chi connectivity index (χ4n) is 2.31. The molecule has 1 amide bonds. The van der Waals surface area contributed by atoms with Crippen LogP contribution in [0.2, 0.25) is 0 Å². The van der Waals surface area contributed by atoms with Crippen LogP contribution in [0.4, 0.5) is 0 Å². The summed E-state index contributed by atoms with van der Waals surface area (Å²) in [5.41, 5.74) is 0. The summed E-state index contributed by atoms with van der Waals surface area (Å²) in [4.78, 5) is 22.7. The molecule has 104 valence electrons. The molecule has 1 aliphatic carbocycles. The van der Waals surface area contributed by atoms with E-state index >= 15 is 0 Å². The lowest BCUT2D eigenvalue weighted by Gasteiger charge is -2.17. The zero-order valence-electron chi connectivity index (χ0n) is 11.2. The van der Waals surface area contributed by atoms with E-state index < -0.39 is 12.0 Å². The molecule has 5 heteroatoms. The Morgan fingerprint density at radius 3 is 2.39 bits per heavy atom. The first-order chi connectivity index (χ1) is 8.49. The number of carboxylic acid groups (broad SMARTS) is 1. The van der Waals surface area contributed by atoms with Crippen molar-refractivity contribution in [3.63, 3.8) is 0 Å². The number of hydrogen-bond acceptors (Lipinski definition) is 3. The second kappa shape index (κ2) is 7.36. The van der Waals surface area contributed by atoms with Crippen LogP contribution in [0, 0.1) is 5.92 Å². The molecule has 1 fully saturated rings. The highest BCUT2D eigenvalue weighted by molar-refractivity contribution is 5.84. The van der Waals surface area contributed by atoms with Gasteiger partial charge in [-0.05, 0) is 25.2 Å². The molecule has 0 aromatic rings. The first-order valence-corrected chi connectivity index (χ1v) is 6.74. The monoisotopic (exact) mass is 256 g/mol. The normalized spacial score (nSPS) is 17.9. The Morgan fingerprint density at radius 1 is 1.28 bits per heavy atom. The van der Waals surface area contributed by atoms with Gasteiger partial charge in [0.25, 0.3) is 0 Å². The summed E-state index contributed by atoms with van der Waals surface area (Å²) in [5, 5.41) is 14.8. The molecule has 0 aromatic carbocycles. The first-order valence-electron chi connectivity index (χ1n) is 6.74. The molecule has 18 heavy (non-hydrogen) atoms. The lowest BCUT2D eigenvalue weighted by Crippen LogP contribution is -2.46. The van der Waals surface area contributed by atoms with Crippen molar-refractivity contribution in [2.45, 2.75) is 58.0 Å². The van der Waals surface area contributed by atoms with Gasteiger partial charge in [-0.15, -0.1) is 0 Å². The van der Waals surface area contributed by atoms with E-state index in [1.807, 2.05) is 13.8 Å². The molecule has 0 saturated heterocycles. The molecule has 0 spiro atoms. The topological polar surface area (TPSA) is 78.4 Å². The van der Waals surface area contributed by atoms with Crippen LogP contribution in [0.1, 0.15) is 46.0 Å². The minimum Gasteiger partial charge on any atom is -0.480 e. The van der Waals surface area contributed by atoms with E-state index in [2.05, 4.69) is 10.6 Å². The summed E-state index contributed by atoms with van der Waals surface area (Å²) in [6.07, 6.45) is 5.11. The minimum atomic E-state index is -0.960. The summed E-state index contributed by atoms with van der Waals surface area (Å²) in [5.74, 6) is -0.943. The molecule has 1 aliphatic rings. The van der Waals surface area contributed by atoms with Gasteiger partial charge in [-0.1, -0.05) is 26.7 Å². The number of aliphatic carboxylic acids is 1. The average molecular weight is 256 g/mol. The van der Waals surface area contributed by atoms with Crippen LogP contribution in [0.3, 0.4) is 0 Å². The fraction of sp³-hybridized carbons (Fsp3) is 0.846. The lowest BCUT2D eigenvalue weighted by molar-refractivity contribution is -0.142. The Labute approximate surface area is 108 Å². The summed E-state index contributed by atoms with van der Waals surface area (Å²) in [6, 6.07) is -0.355. The summed E-state index contributed by atoms with van der Waals surface area (Å²) in [7, 11) is 0. The predicted octanol–water partition coefficient (Wildman–Crippen LogP) is 1.13. The van der Waals surface area contributed by atoms with Crippen LogP contribution < -0.4 is 10.6 Å². The van der Waals surface area contributed by atoms with E-state index in [-0.39, 0.29) is 18.4 Å². The minimum absolute atomic E-state index is 0.215. The van der Waals surface area contributed by atoms with E-state index in [1.54, 1.807) is 0 Å². The molecule has 0 aromatic heterocycles. The molecule has 5 nitrogen and oxygen atoms in total. The number of carbonyl (C=O) groups is 2. The third kappa shape index (κ3) is 5.49. The smallest absolute Gasteiger partial charge is 0.326 e. The number of amides is 1. The van der Waals surface area contributed by atoms with E-state index in [0.29, 0.717) is 12.5 Å². The molecule has 1 atom stereocenters. The Kier molecular flexibility index (Phi) is 6.12. The molecule has 3 N–H and O–H groups in total. The van der Waals surface area contributed by atoms with Crippen molar-refractivity contribution in [1.29, 1.82) is 0 Å². The number of hydrogen-bond donors (Lipinski definition) is 3. The molecule has 0 unspecified atom stereocenters. The van der Waals surface area contributed by atoms with Crippen molar-refractivity contribution in [2.75, 3.05) is 6.54 Å². The van der Waals surface area contributed by atoms with Crippen LogP contribution in [0.15, 0.2) is 0 Å². The number of nitrogens with one attached hydrogen (secondary N) is 2. The number of carboxylic acids is 1. The van der Waals surface area contributed by atoms with Gasteiger partial charge in [0.2, 0.25) is 5.91 Å². The fourth-order valence-corrected chi connectivity index (χ4v) is 2.31. The molecule has 0 aliphatic heterocycles. The van der Waals surface area contributed by atoms with Crippen molar-refractivity contribution in [3.8, 4) is 0 Å². The Bertz CT molecular complexity index is 286. The van der Waals surface area contributed by atoms with E-state index in [0.717, 1.165) is 12.8 Å². The van der Waals surface area contributed by atoms with Gasteiger partial charge in [-0.3, -0.25) is 4.79 Å². The Morgan fingerprint density at radius 2 is 1.89 bits per heavy atom. The number of rotatable bonds is 7. The second-order valence-electron chi connectivity index (χ2n) is 5.45. The second-order valence-corrected chi connectivity index (χ2v) is 5.45. The highest BCUT2D eigenvalue weighted by Crippen LogP contribution is 2.17. The zero-order chi connectivity index (χ0) is 13.5. The standard InChI is InChI=1S/C13H24N2O3/c1-9(2)7-11(13(17)18)15-12(16)8-14-10-5-3-4-6-10/h9-11,14H,3-8H2,1-2H3,(H,15,16)(H,17,18)/t11-/m1/s1. The molecule has 1 rings (SSSR count). The maximum Gasteiger partial charge on any atom is 0.326 e. The molecular formula is C13H24N2O3. The maximum absolute atomic E-state index is 11.7. The van der Waals surface area contributed by atoms with Gasteiger partial charge < -0.3 is 15.7 Å². The van der Waals surface area contributed by atoms with E-state index in [1.165, 1.54) is 12.8 Å².